The van der Waals surface area contributed by atoms with Gasteiger partial charge in [-0.15, -0.1) is 0 Å². The predicted molar refractivity (Wildman–Crippen MR) is 75.4 cm³/mol. The van der Waals surface area contributed by atoms with Crippen molar-refractivity contribution in [2.24, 2.45) is 0 Å². The summed E-state index contributed by atoms with van der Waals surface area (Å²) in [4.78, 5) is 3.93. The molecule has 1 heterocycles. The van der Waals surface area contributed by atoms with Crippen molar-refractivity contribution in [3.8, 4) is 5.75 Å². The lowest BCUT2D eigenvalue weighted by Crippen LogP contribution is -2.26. The van der Waals surface area contributed by atoms with Gasteiger partial charge in [-0.1, -0.05) is 0 Å². The SMILES string of the molecule is CN(Cc1ccncc1)S(=O)(=O)c1ccc(O)c(N)c1. The molecule has 0 radical (unpaired) electrons. The minimum atomic E-state index is -3.65. The number of aromatic nitrogens is 1. The molecule has 0 unspecified atom stereocenters. The molecule has 0 aliphatic heterocycles. The largest absolute Gasteiger partial charge is 0.506 e. The third-order valence-corrected chi connectivity index (χ3v) is 4.66. The molecular formula is C13H15N3O3S. The summed E-state index contributed by atoms with van der Waals surface area (Å²) in [7, 11) is -2.17. The summed E-state index contributed by atoms with van der Waals surface area (Å²) in [6.45, 7) is 0.228. The van der Waals surface area contributed by atoms with E-state index in [1.54, 1.807) is 24.5 Å². The van der Waals surface area contributed by atoms with Gasteiger partial charge in [0.25, 0.3) is 0 Å². The van der Waals surface area contributed by atoms with Crippen LogP contribution in [0.3, 0.4) is 0 Å². The summed E-state index contributed by atoms with van der Waals surface area (Å²) in [6, 6.07) is 7.33. The molecule has 1 aromatic carbocycles. The standard InChI is InChI=1S/C13H15N3O3S/c1-16(9-10-4-6-15-7-5-10)20(18,19)11-2-3-13(17)12(14)8-11/h2-8,17H,9,14H2,1H3. The summed E-state index contributed by atoms with van der Waals surface area (Å²) in [6.07, 6.45) is 3.21. The number of aromatic hydroxyl groups is 1. The average molecular weight is 293 g/mol. The Labute approximate surface area is 117 Å². The highest BCUT2D eigenvalue weighted by atomic mass is 32.2. The number of hydrogen-bond donors (Lipinski definition) is 2. The van der Waals surface area contributed by atoms with Crippen molar-refractivity contribution < 1.29 is 13.5 Å². The van der Waals surface area contributed by atoms with Crippen LogP contribution in [0, 0.1) is 0 Å². The fourth-order valence-electron chi connectivity index (χ4n) is 1.70. The Morgan fingerprint density at radius 3 is 2.50 bits per heavy atom. The topological polar surface area (TPSA) is 96.5 Å². The zero-order valence-electron chi connectivity index (χ0n) is 10.9. The van der Waals surface area contributed by atoms with Gasteiger partial charge in [-0.3, -0.25) is 4.98 Å². The lowest BCUT2D eigenvalue weighted by Gasteiger charge is -2.17. The van der Waals surface area contributed by atoms with Crippen molar-refractivity contribution in [2.45, 2.75) is 11.4 Å². The lowest BCUT2D eigenvalue weighted by molar-refractivity contribution is 0.465. The highest BCUT2D eigenvalue weighted by Gasteiger charge is 2.21. The molecule has 7 heteroatoms. The van der Waals surface area contributed by atoms with Crippen LogP contribution >= 0.6 is 0 Å². The Balaban J connectivity index is 2.27. The van der Waals surface area contributed by atoms with Crippen molar-refractivity contribution in [1.82, 2.24) is 9.29 Å². The molecule has 0 spiro atoms. The van der Waals surface area contributed by atoms with Gasteiger partial charge in [-0.05, 0) is 35.9 Å². The van der Waals surface area contributed by atoms with Gasteiger partial charge in [-0.2, -0.15) is 4.31 Å². The number of hydrogen-bond acceptors (Lipinski definition) is 5. The number of pyridine rings is 1. The number of nitrogen functional groups attached to an aromatic ring is 1. The van der Waals surface area contributed by atoms with E-state index < -0.39 is 10.0 Å². The molecule has 3 N–H and O–H groups in total. The van der Waals surface area contributed by atoms with E-state index >= 15 is 0 Å². The Morgan fingerprint density at radius 2 is 1.90 bits per heavy atom. The Morgan fingerprint density at radius 1 is 1.25 bits per heavy atom. The zero-order chi connectivity index (χ0) is 14.8. The maximum absolute atomic E-state index is 12.4. The molecule has 0 saturated carbocycles. The summed E-state index contributed by atoms with van der Waals surface area (Å²) >= 11 is 0. The number of anilines is 1. The first-order valence-corrected chi connectivity index (χ1v) is 7.29. The molecule has 2 aromatic rings. The monoisotopic (exact) mass is 293 g/mol. The van der Waals surface area contributed by atoms with Crippen molar-refractivity contribution in [3.05, 3.63) is 48.3 Å². The second-order valence-corrected chi connectivity index (χ2v) is 6.38. The Bertz CT molecular complexity index is 702. The van der Waals surface area contributed by atoms with Crippen molar-refractivity contribution >= 4 is 15.7 Å². The smallest absolute Gasteiger partial charge is 0.243 e. The number of benzene rings is 1. The number of nitrogens with two attached hydrogens (primary N) is 1. The molecule has 1 aromatic heterocycles. The van der Waals surface area contributed by atoms with E-state index in [1.807, 2.05) is 0 Å². The molecule has 0 aliphatic carbocycles. The van der Waals surface area contributed by atoms with Gasteiger partial charge in [0, 0.05) is 26.0 Å². The summed E-state index contributed by atoms with van der Waals surface area (Å²) < 4.78 is 26.0. The highest BCUT2D eigenvalue weighted by molar-refractivity contribution is 7.89. The molecule has 0 saturated heterocycles. The van der Waals surface area contributed by atoms with Crippen LogP contribution in [0.25, 0.3) is 0 Å². The molecule has 106 valence electrons. The van der Waals surface area contributed by atoms with E-state index in [4.69, 9.17) is 5.73 Å². The second-order valence-electron chi connectivity index (χ2n) is 4.34. The van der Waals surface area contributed by atoms with Gasteiger partial charge in [-0.25, -0.2) is 8.42 Å². The molecule has 0 aliphatic rings. The summed E-state index contributed by atoms with van der Waals surface area (Å²) in [5.41, 5.74) is 6.39. The van der Waals surface area contributed by atoms with Gasteiger partial charge in [0.05, 0.1) is 10.6 Å². The second kappa shape index (κ2) is 5.48. The third-order valence-electron chi connectivity index (χ3n) is 2.86. The highest BCUT2D eigenvalue weighted by Crippen LogP contribution is 2.25. The van der Waals surface area contributed by atoms with E-state index in [-0.39, 0.29) is 22.9 Å². The van der Waals surface area contributed by atoms with Gasteiger partial charge < -0.3 is 10.8 Å². The van der Waals surface area contributed by atoms with Crippen LogP contribution in [0.5, 0.6) is 5.75 Å². The van der Waals surface area contributed by atoms with E-state index in [0.29, 0.717) is 0 Å². The van der Waals surface area contributed by atoms with E-state index in [2.05, 4.69) is 4.98 Å². The molecular weight excluding hydrogens is 278 g/mol. The van der Waals surface area contributed by atoms with Crippen molar-refractivity contribution in [2.75, 3.05) is 12.8 Å². The van der Waals surface area contributed by atoms with Crippen molar-refractivity contribution in [1.29, 1.82) is 0 Å². The minimum Gasteiger partial charge on any atom is -0.506 e. The van der Waals surface area contributed by atoms with Crippen LogP contribution in [-0.2, 0) is 16.6 Å². The van der Waals surface area contributed by atoms with Gasteiger partial charge >= 0.3 is 0 Å². The molecule has 2 rings (SSSR count). The van der Waals surface area contributed by atoms with Crippen LogP contribution in [0.1, 0.15) is 5.56 Å². The summed E-state index contributed by atoms with van der Waals surface area (Å²) in [5.74, 6) is -0.138. The lowest BCUT2D eigenvalue weighted by atomic mass is 10.3. The number of phenolic OH excluding ortho intramolecular Hbond substituents is 1. The minimum absolute atomic E-state index is 0.0309. The number of rotatable bonds is 4. The van der Waals surface area contributed by atoms with Crippen LogP contribution in [0.4, 0.5) is 5.69 Å². The molecule has 0 bridgehead atoms. The number of sulfonamides is 1. The molecule has 20 heavy (non-hydrogen) atoms. The van der Waals surface area contributed by atoms with Gasteiger partial charge in [0.15, 0.2) is 0 Å². The zero-order valence-corrected chi connectivity index (χ0v) is 11.7. The van der Waals surface area contributed by atoms with E-state index in [9.17, 15) is 13.5 Å². The summed E-state index contributed by atoms with van der Waals surface area (Å²) in [5, 5.41) is 9.34. The third kappa shape index (κ3) is 2.89. The van der Waals surface area contributed by atoms with Crippen LogP contribution in [-0.4, -0.2) is 29.9 Å². The van der Waals surface area contributed by atoms with Crippen molar-refractivity contribution in [3.63, 3.8) is 0 Å². The average Bonchev–Trinajstić information content (AvgIpc) is 2.42. The Hall–Kier alpha value is -2.12. The fraction of sp³-hybridized carbons (Fsp3) is 0.154. The first-order chi connectivity index (χ1) is 9.41. The molecule has 0 fully saturated rings. The molecule has 6 nitrogen and oxygen atoms in total. The van der Waals surface area contributed by atoms with Gasteiger partial charge in [0.2, 0.25) is 10.0 Å². The number of nitrogens with zero attached hydrogens (tertiary/aromatic N) is 2. The van der Waals surface area contributed by atoms with Crippen LogP contribution < -0.4 is 5.73 Å². The maximum Gasteiger partial charge on any atom is 0.243 e. The Kier molecular flexibility index (Phi) is 3.91. The van der Waals surface area contributed by atoms with E-state index in [0.717, 1.165) is 5.56 Å². The van der Waals surface area contributed by atoms with Crippen LogP contribution in [0.15, 0.2) is 47.6 Å². The number of phenols is 1. The first kappa shape index (κ1) is 14.3. The first-order valence-electron chi connectivity index (χ1n) is 5.85. The van der Waals surface area contributed by atoms with Gasteiger partial charge in [0.1, 0.15) is 5.75 Å². The molecule has 0 atom stereocenters. The van der Waals surface area contributed by atoms with E-state index in [1.165, 1.54) is 29.6 Å². The quantitative estimate of drug-likeness (QED) is 0.652. The maximum atomic E-state index is 12.4. The predicted octanol–water partition coefficient (Wildman–Crippen LogP) is 1.19. The normalized spacial score (nSPS) is 11.7. The molecule has 0 amide bonds. The van der Waals surface area contributed by atoms with Crippen LogP contribution in [0.2, 0.25) is 0 Å². The fourth-order valence-corrected chi connectivity index (χ4v) is 2.90.